The Labute approximate surface area is 107 Å². The van der Waals surface area contributed by atoms with E-state index in [-0.39, 0.29) is 18.4 Å². The van der Waals surface area contributed by atoms with Gasteiger partial charge in [-0.1, -0.05) is 6.92 Å². The van der Waals surface area contributed by atoms with Crippen molar-refractivity contribution in [1.29, 1.82) is 0 Å². The van der Waals surface area contributed by atoms with Crippen LogP contribution in [0.4, 0.5) is 0 Å². The normalized spacial score (nSPS) is 10.2. The smallest absolute Gasteiger partial charge is 0.269 e. The van der Waals surface area contributed by atoms with Crippen LogP contribution in [0, 0.1) is 6.92 Å². The van der Waals surface area contributed by atoms with Crippen molar-refractivity contribution in [1.82, 2.24) is 20.4 Å². The predicted octanol–water partition coefficient (Wildman–Crippen LogP) is 0.467. The number of nitrogens with one attached hydrogen (secondary N) is 2. The Balaban J connectivity index is 2.52. The first-order chi connectivity index (χ1) is 8.58. The van der Waals surface area contributed by atoms with E-state index < -0.39 is 0 Å². The van der Waals surface area contributed by atoms with Gasteiger partial charge in [-0.15, -0.1) is 0 Å². The molecule has 0 aromatic carbocycles. The highest BCUT2D eigenvalue weighted by molar-refractivity contribution is 5.95. The van der Waals surface area contributed by atoms with Gasteiger partial charge in [0.1, 0.15) is 5.69 Å². The predicted molar refractivity (Wildman–Crippen MR) is 68.3 cm³/mol. The number of amides is 2. The number of carbonyl (C=O) groups is 2. The molecule has 0 aliphatic carbocycles. The van der Waals surface area contributed by atoms with E-state index in [1.54, 1.807) is 10.7 Å². The number of aryl methyl sites for hydroxylation is 2. The van der Waals surface area contributed by atoms with Crippen LogP contribution in [0.15, 0.2) is 6.07 Å². The Kier molecular flexibility index (Phi) is 5.35. The van der Waals surface area contributed by atoms with Crippen molar-refractivity contribution in [2.24, 2.45) is 0 Å². The van der Waals surface area contributed by atoms with E-state index in [1.807, 2.05) is 20.8 Å². The zero-order valence-electron chi connectivity index (χ0n) is 11.1. The van der Waals surface area contributed by atoms with Crippen LogP contribution in [0.1, 0.15) is 36.5 Å². The number of carbonyl (C=O) groups excluding carboxylic acids is 2. The average Bonchev–Trinajstić information content (AvgIpc) is 2.74. The van der Waals surface area contributed by atoms with E-state index in [0.29, 0.717) is 18.8 Å². The first-order valence-electron chi connectivity index (χ1n) is 6.17. The number of hydrogen-bond donors (Lipinski definition) is 2. The molecule has 0 bridgehead atoms. The van der Waals surface area contributed by atoms with Crippen LogP contribution in [-0.4, -0.2) is 34.7 Å². The summed E-state index contributed by atoms with van der Waals surface area (Å²) in [5, 5.41) is 9.46. The molecule has 0 saturated heterocycles. The molecular weight excluding hydrogens is 232 g/mol. The standard InChI is InChI=1S/C12H20N4O2/c1-4-6-13-11(17)8-14-12(18)10-7-9(3)15-16(10)5-2/h7H,4-6,8H2,1-3H3,(H,13,17)(H,14,18). The molecule has 0 spiro atoms. The molecule has 0 atom stereocenters. The monoisotopic (exact) mass is 252 g/mol. The first-order valence-corrected chi connectivity index (χ1v) is 6.17. The summed E-state index contributed by atoms with van der Waals surface area (Å²) < 4.78 is 1.62. The summed E-state index contributed by atoms with van der Waals surface area (Å²) in [5.74, 6) is -0.450. The fourth-order valence-corrected chi connectivity index (χ4v) is 1.55. The molecule has 6 heteroatoms. The van der Waals surface area contributed by atoms with E-state index in [1.165, 1.54) is 0 Å². The summed E-state index contributed by atoms with van der Waals surface area (Å²) in [7, 11) is 0. The summed E-state index contributed by atoms with van der Waals surface area (Å²) in [4.78, 5) is 23.2. The lowest BCUT2D eigenvalue weighted by Gasteiger charge is -2.07. The Morgan fingerprint density at radius 3 is 2.67 bits per heavy atom. The molecule has 100 valence electrons. The van der Waals surface area contributed by atoms with E-state index in [4.69, 9.17) is 0 Å². The van der Waals surface area contributed by atoms with E-state index in [9.17, 15) is 9.59 Å². The molecule has 0 aliphatic heterocycles. The maximum atomic E-state index is 11.9. The molecule has 0 fully saturated rings. The van der Waals surface area contributed by atoms with Gasteiger partial charge in [0.2, 0.25) is 5.91 Å². The van der Waals surface area contributed by atoms with Gasteiger partial charge < -0.3 is 10.6 Å². The van der Waals surface area contributed by atoms with E-state index in [0.717, 1.165) is 12.1 Å². The van der Waals surface area contributed by atoms with Crippen molar-refractivity contribution in [3.05, 3.63) is 17.5 Å². The Morgan fingerprint density at radius 2 is 2.06 bits per heavy atom. The third kappa shape index (κ3) is 3.87. The highest BCUT2D eigenvalue weighted by Crippen LogP contribution is 2.03. The fraction of sp³-hybridized carbons (Fsp3) is 0.583. The number of rotatable bonds is 6. The van der Waals surface area contributed by atoms with Crippen molar-refractivity contribution < 1.29 is 9.59 Å². The molecule has 2 N–H and O–H groups in total. The fourth-order valence-electron chi connectivity index (χ4n) is 1.55. The maximum absolute atomic E-state index is 11.9. The Bertz CT molecular complexity index is 426. The molecule has 18 heavy (non-hydrogen) atoms. The van der Waals surface area contributed by atoms with Crippen molar-refractivity contribution in [2.45, 2.75) is 33.7 Å². The van der Waals surface area contributed by atoms with Crippen molar-refractivity contribution in [3.8, 4) is 0 Å². The molecule has 0 unspecified atom stereocenters. The first kappa shape index (κ1) is 14.2. The largest absolute Gasteiger partial charge is 0.355 e. The van der Waals surface area contributed by atoms with Gasteiger partial charge in [0.25, 0.3) is 5.91 Å². The van der Waals surface area contributed by atoms with Gasteiger partial charge in [-0.3, -0.25) is 14.3 Å². The Hall–Kier alpha value is -1.85. The quantitative estimate of drug-likeness (QED) is 0.772. The summed E-state index contributed by atoms with van der Waals surface area (Å²) >= 11 is 0. The molecule has 1 aromatic rings. The molecule has 0 aliphatic rings. The van der Waals surface area contributed by atoms with Crippen LogP contribution in [0.25, 0.3) is 0 Å². The Morgan fingerprint density at radius 1 is 1.33 bits per heavy atom. The molecule has 6 nitrogen and oxygen atoms in total. The number of aromatic nitrogens is 2. The molecule has 1 heterocycles. The van der Waals surface area contributed by atoms with Gasteiger partial charge in [-0.2, -0.15) is 5.10 Å². The summed E-state index contributed by atoms with van der Waals surface area (Å²) in [6, 6.07) is 1.71. The molecule has 2 amide bonds. The summed E-state index contributed by atoms with van der Waals surface area (Å²) in [6.07, 6.45) is 0.876. The minimum absolute atomic E-state index is 0.00717. The third-order valence-corrected chi connectivity index (χ3v) is 2.42. The summed E-state index contributed by atoms with van der Waals surface area (Å²) in [6.45, 7) is 6.96. The van der Waals surface area contributed by atoms with Crippen LogP contribution in [0.5, 0.6) is 0 Å². The minimum Gasteiger partial charge on any atom is -0.355 e. The minimum atomic E-state index is -0.274. The molecule has 1 rings (SSSR count). The van der Waals surface area contributed by atoms with Crippen molar-refractivity contribution in [2.75, 3.05) is 13.1 Å². The lowest BCUT2D eigenvalue weighted by atomic mass is 10.3. The third-order valence-electron chi connectivity index (χ3n) is 2.42. The van der Waals surface area contributed by atoms with Crippen molar-refractivity contribution >= 4 is 11.8 Å². The van der Waals surface area contributed by atoms with Gasteiger partial charge >= 0.3 is 0 Å². The second kappa shape index (κ2) is 6.78. The molecular formula is C12H20N4O2. The molecule has 0 saturated carbocycles. The number of nitrogens with zero attached hydrogens (tertiary/aromatic N) is 2. The van der Waals surface area contributed by atoms with Gasteiger partial charge in [0.15, 0.2) is 0 Å². The van der Waals surface area contributed by atoms with E-state index in [2.05, 4.69) is 15.7 Å². The lowest BCUT2D eigenvalue weighted by Crippen LogP contribution is -2.37. The van der Waals surface area contributed by atoms with Gasteiger partial charge in [-0.25, -0.2) is 0 Å². The zero-order chi connectivity index (χ0) is 13.5. The second-order valence-corrected chi connectivity index (χ2v) is 4.02. The highest BCUT2D eigenvalue weighted by Gasteiger charge is 2.13. The topological polar surface area (TPSA) is 76.0 Å². The van der Waals surface area contributed by atoms with Gasteiger partial charge in [0.05, 0.1) is 12.2 Å². The van der Waals surface area contributed by atoms with Crippen LogP contribution in [0.3, 0.4) is 0 Å². The average molecular weight is 252 g/mol. The van der Waals surface area contributed by atoms with Gasteiger partial charge in [0, 0.05) is 13.1 Å². The molecule has 1 aromatic heterocycles. The SMILES string of the molecule is CCCNC(=O)CNC(=O)c1cc(C)nn1CC. The summed E-state index contributed by atoms with van der Waals surface area (Å²) in [5.41, 5.74) is 1.27. The number of hydrogen-bond acceptors (Lipinski definition) is 3. The van der Waals surface area contributed by atoms with Crippen LogP contribution >= 0.6 is 0 Å². The molecule has 0 radical (unpaired) electrons. The van der Waals surface area contributed by atoms with Crippen LogP contribution < -0.4 is 10.6 Å². The van der Waals surface area contributed by atoms with E-state index >= 15 is 0 Å². The van der Waals surface area contributed by atoms with Gasteiger partial charge in [-0.05, 0) is 26.3 Å². The van der Waals surface area contributed by atoms with Crippen molar-refractivity contribution in [3.63, 3.8) is 0 Å². The van der Waals surface area contributed by atoms with Crippen LogP contribution in [0.2, 0.25) is 0 Å². The highest BCUT2D eigenvalue weighted by atomic mass is 16.2. The lowest BCUT2D eigenvalue weighted by molar-refractivity contribution is -0.120. The zero-order valence-corrected chi connectivity index (χ0v) is 11.1. The van der Waals surface area contributed by atoms with Crippen LogP contribution in [-0.2, 0) is 11.3 Å². The maximum Gasteiger partial charge on any atom is 0.269 e. The second-order valence-electron chi connectivity index (χ2n) is 4.02.